The van der Waals surface area contributed by atoms with Crippen molar-refractivity contribution < 1.29 is 4.79 Å². The Morgan fingerprint density at radius 1 is 0.812 bits per heavy atom. The highest BCUT2D eigenvalue weighted by molar-refractivity contribution is 5.95. The highest BCUT2D eigenvalue weighted by Gasteiger charge is 2.04. The molecule has 0 aliphatic rings. The summed E-state index contributed by atoms with van der Waals surface area (Å²) in [5.41, 5.74) is 2.39. The van der Waals surface area contributed by atoms with E-state index < -0.39 is 5.91 Å². The third-order valence-electron chi connectivity index (χ3n) is 2.32. The van der Waals surface area contributed by atoms with Gasteiger partial charge in [-0.15, -0.1) is 4.91 Å². The second-order valence-corrected chi connectivity index (χ2v) is 3.34. The van der Waals surface area contributed by atoms with Gasteiger partial charge in [-0.3, -0.25) is 4.79 Å². The van der Waals surface area contributed by atoms with Crippen LogP contribution in [0.1, 0.15) is 10.4 Å². The summed E-state index contributed by atoms with van der Waals surface area (Å²) in [6, 6.07) is 16.6. The number of rotatable bonds is 2. The molecule has 0 radical (unpaired) electrons. The van der Waals surface area contributed by atoms with Crippen molar-refractivity contribution in [3.05, 3.63) is 65.1 Å². The van der Waals surface area contributed by atoms with Gasteiger partial charge in [0, 0.05) is 10.7 Å². The van der Waals surface area contributed by atoms with Gasteiger partial charge in [-0.05, 0) is 23.3 Å². The topological polar surface area (TPSA) is 46.5 Å². The molecular weight excluding hydrogens is 202 g/mol. The molecule has 2 aromatic rings. The van der Waals surface area contributed by atoms with Crippen molar-refractivity contribution in [1.82, 2.24) is 0 Å². The van der Waals surface area contributed by atoms with Crippen LogP contribution in [-0.4, -0.2) is 5.91 Å². The van der Waals surface area contributed by atoms with Gasteiger partial charge in [0.05, 0.1) is 0 Å². The molecule has 78 valence electrons. The van der Waals surface area contributed by atoms with Gasteiger partial charge in [-0.25, -0.2) is 0 Å². The summed E-state index contributed by atoms with van der Waals surface area (Å²) < 4.78 is 0. The lowest BCUT2D eigenvalue weighted by molar-refractivity contribution is 0.100. The van der Waals surface area contributed by atoms with Crippen LogP contribution in [0.5, 0.6) is 0 Å². The van der Waals surface area contributed by atoms with Gasteiger partial charge in [-0.2, -0.15) is 0 Å². The fraction of sp³-hybridized carbons (Fsp3) is 0. The molecule has 2 rings (SSSR count). The predicted octanol–water partition coefficient (Wildman–Crippen LogP) is 3.26. The molecule has 1 amide bonds. The van der Waals surface area contributed by atoms with E-state index in [-0.39, 0.29) is 0 Å². The van der Waals surface area contributed by atoms with Crippen molar-refractivity contribution in [2.24, 2.45) is 5.18 Å². The van der Waals surface area contributed by atoms with E-state index in [1.54, 1.807) is 24.3 Å². The monoisotopic (exact) mass is 211 g/mol. The molecule has 0 atom stereocenters. The van der Waals surface area contributed by atoms with Crippen molar-refractivity contribution in [3.8, 4) is 11.1 Å². The largest absolute Gasteiger partial charge is 0.316 e. The normalized spacial score (nSPS) is 9.75. The highest BCUT2D eigenvalue weighted by Crippen LogP contribution is 2.19. The molecular formula is C13H9NO2. The molecule has 0 aliphatic heterocycles. The van der Waals surface area contributed by atoms with E-state index in [1.165, 1.54) is 0 Å². The number of benzene rings is 2. The van der Waals surface area contributed by atoms with Gasteiger partial charge in [0.25, 0.3) is 0 Å². The summed E-state index contributed by atoms with van der Waals surface area (Å²) in [7, 11) is 0. The zero-order valence-corrected chi connectivity index (χ0v) is 8.46. The van der Waals surface area contributed by atoms with Crippen LogP contribution < -0.4 is 0 Å². The van der Waals surface area contributed by atoms with Crippen LogP contribution in [0, 0.1) is 4.91 Å². The first-order valence-corrected chi connectivity index (χ1v) is 4.84. The Balaban J connectivity index is 2.33. The summed E-state index contributed by atoms with van der Waals surface area (Å²) in [6.45, 7) is 0. The summed E-state index contributed by atoms with van der Waals surface area (Å²) in [5.74, 6) is -0.736. The standard InChI is InChI=1S/C13H9NO2/c15-13(14-16)12-8-6-11(7-9-12)10-4-2-1-3-5-10/h1-9H. The maximum atomic E-state index is 11.0. The Labute approximate surface area is 92.7 Å². The molecule has 0 bridgehead atoms. The first-order valence-electron chi connectivity index (χ1n) is 4.84. The summed E-state index contributed by atoms with van der Waals surface area (Å²) in [4.78, 5) is 21.0. The SMILES string of the molecule is O=NC(=O)c1ccc(-c2ccccc2)cc1. The van der Waals surface area contributed by atoms with Crippen molar-refractivity contribution in [2.45, 2.75) is 0 Å². The van der Waals surface area contributed by atoms with Crippen LogP contribution >= 0.6 is 0 Å². The van der Waals surface area contributed by atoms with Crippen LogP contribution in [0.4, 0.5) is 0 Å². The minimum absolute atomic E-state index is 0.315. The minimum Gasteiger partial charge on any atom is -0.263 e. The first-order chi connectivity index (χ1) is 7.81. The van der Waals surface area contributed by atoms with Crippen molar-refractivity contribution >= 4 is 5.91 Å². The fourth-order valence-corrected chi connectivity index (χ4v) is 1.49. The van der Waals surface area contributed by atoms with Gasteiger partial charge in [0.1, 0.15) is 0 Å². The van der Waals surface area contributed by atoms with Gasteiger partial charge in [-0.1, -0.05) is 42.5 Å². The summed E-state index contributed by atoms with van der Waals surface area (Å²) in [6.07, 6.45) is 0. The zero-order chi connectivity index (χ0) is 11.4. The lowest BCUT2D eigenvalue weighted by Gasteiger charge is -2.01. The van der Waals surface area contributed by atoms with Crippen molar-refractivity contribution in [2.75, 3.05) is 0 Å². The number of hydrogen-bond donors (Lipinski definition) is 0. The number of carbonyl (C=O) groups excluding carboxylic acids is 1. The van der Waals surface area contributed by atoms with E-state index in [0.717, 1.165) is 11.1 Å². The number of nitroso groups, excluding NO2 is 1. The highest BCUT2D eigenvalue weighted by atomic mass is 16.3. The molecule has 0 spiro atoms. The zero-order valence-electron chi connectivity index (χ0n) is 8.46. The Bertz CT molecular complexity index is 503. The molecule has 3 heteroatoms. The van der Waals surface area contributed by atoms with Gasteiger partial charge in [0.15, 0.2) is 0 Å². The Hall–Kier alpha value is -2.29. The van der Waals surface area contributed by atoms with Crippen LogP contribution in [0.3, 0.4) is 0 Å². The smallest absolute Gasteiger partial charge is 0.263 e. The average Bonchev–Trinajstić information content (AvgIpc) is 2.39. The molecule has 0 heterocycles. The van der Waals surface area contributed by atoms with Crippen molar-refractivity contribution in [1.29, 1.82) is 0 Å². The van der Waals surface area contributed by atoms with Crippen LogP contribution in [0.25, 0.3) is 11.1 Å². The van der Waals surface area contributed by atoms with E-state index in [4.69, 9.17) is 0 Å². The van der Waals surface area contributed by atoms with E-state index in [9.17, 15) is 9.70 Å². The maximum Gasteiger partial charge on any atom is 0.316 e. The Morgan fingerprint density at radius 2 is 1.38 bits per heavy atom. The van der Waals surface area contributed by atoms with Crippen LogP contribution in [-0.2, 0) is 0 Å². The first kappa shape index (κ1) is 10.2. The number of carbonyl (C=O) groups is 1. The molecule has 0 saturated heterocycles. The number of nitrogens with zero attached hydrogens (tertiary/aromatic N) is 1. The molecule has 0 aromatic heterocycles. The van der Waals surface area contributed by atoms with Crippen molar-refractivity contribution in [3.63, 3.8) is 0 Å². The van der Waals surface area contributed by atoms with Crippen LogP contribution in [0.15, 0.2) is 59.8 Å². The molecule has 2 aromatic carbocycles. The Kier molecular flexibility index (Phi) is 2.87. The van der Waals surface area contributed by atoms with E-state index >= 15 is 0 Å². The molecule has 16 heavy (non-hydrogen) atoms. The molecule has 0 aliphatic carbocycles. The number of amides is 1. The second kappa shape index (κ2) is 4.49. The summed E-state index contributed by atoms with van der Waals surface area (Å²) in [5, 5.41) is 2.37. The predicted molar refractivity (Wildman–Crippen MR) is 62.0 cm³/mol. The lowest BCUT2D eigenvalue weighted by atomic mass is 10.0. The molecule has 3 nitrogen and oxygen atoms in total. The minimum atomic E-state index is -0.736. The lowest BCUT2D eigenvalue weighted by Crippen LogP contribution is -1.92. The second-order valence-electron chi connectivity index (χ2n) is 3.34. The molecule has 0 fully saturated rings. The van der Waals surface area contributed by atoms with E-state index in [0.29, 0.717) is 5.56 Å². The van der Waals surface area contributed by atoms with Gasteiger partial charge < -0.3 is 0 Å². The summed E-state index contributed by atoms with van der Waals surface area (Å²) >= 11 is 0. The third-order valence-corrected chi connectivity index (χ3v) is 2.32. The van der Waals surface area contributed by atoms with Gasteiger partial charge >= 0.3 is 5.91 Å². The molecule has 0 unspecified atom stereocenters. The van der Waals surface area contributed by atoms with Crippen LogP contribution in [0.2, 0.25) is 0 Å². The van der Waals surface area contributed by atoms with E-state index in [2.05, 4.69) is 5.18 Å². The third kappa shape index (κ3) is 2.03. The fourth-order valence-electron chi connectivity index (χ4n) is 1.49. The Morgan fingerprint density at radius 3 is 1.94 bits per heavy atom. The van der Waals surface area contributed by atoms with E-state index in [1.807, 2.05) is 30.3 Å². The molecule has 0 saturated carbocycles. The quantitative estimate of drug-likeness (QED) is 0.715. The average molecular weight is 211 g/mol. The number of hydrogen-bond acceptors (Lipinski definition) is 2. The molecule has 0 N–H and O–H groups in total. The maximum absolute atomic E-state index is 11.0. The van der Waals surface area contributed by atoms with Gasteiger partial charge in [0.2, 0.25) is 0 Å².